The van der Waals surface area contributed by atoms with Crippen LogP contribution in [0.3, 0.4) is 0 Å². The zero-order valence-electron chi connectivity index (χ0n) is 22.6. The van der Waals surface area contributed by atoms with E-state index < -0.39 is 80.8 Å². The Morgan fingerprint density at radius 2 is 1.83 bits per heavy atom. The topological polar surface area (TPSA) is 271 Å². The quantitative estimate of drug-likeness (QED) is 0.110. The first-order chi connectivity index (χ1) is 19.5. The van der Waals surface area contributed by atoms with E-state index in [2.05, 4.69) is 19.9 Å². The molecule has 2 fully saturated rings. The summed E-state index contributed by atoms with van der Waals surface area (Å²) in [4.78, 5) is 61.7. The van der Waals surface area contributed by atoms with E-state index in [0.717, 1.165) is 4.57 Å². The third-order valence-corrected chi connectivity index (χ3v) is 7.82. The molecular formula is C21H27N7NaO12P. The number of aliphatic hydroxyl groups excluding tert-OH is 2. The number of imidazole rings is 1. The van der Waals surface area contributed by atoms with E-state index in [9.17, 15) is 34.1 Å². The molecule has 0 aromatic carbocycles. The number of hydrogen-bond donors (Lipinski definition) is 5. The molecule has 19 nitrogen and oxygen atoms in total. The number of rotatable bonds is 9. The number of nitrogens with zero attached hydrogens (tertiary/aromatic N) is 4. The zero-order valence-corrected chi connectivity index (χ0v) is 25.5. The summed E-state index contributed by atoms with van der Waals surface area (Å²) in [5, 5.41) is 19.7. The molecule has 3 aromatic heterocycles. The first-order valence-electron chi connectivity index (χ1n) is 12.2. The molecule has 0 saturated carbocycles. The van der Waals surface area contributed by atoms with Crippen molar-refractivity contribution in [3.63, 3.8) is 0 Å². The second-order valence-corrected chi connectivity index (χ2v) is 10.7. The van der Waals surface area contributed by atoms with Crippen molar-refractivity contribution in [2.24, 2.45) is 0 Å². The number of methoxy groups -OCH3 is 1. The number of nitrogen functional groups attached to an aromatic ring is 1. The smallest absolute Gasteiger partial charge is 0.756 e. The van der Waals surface area contributed by atoms with Crippen LogP contribution in [0.25, 0.3) is 11.2 Å². The number of hydrogen-bond acceptors (Lipinski definition) is 15. The van der Waals surface area contributed by atoms with E-state index in [-0.39, 0.29) is 58.7 Å². The Morgan fingerprint density at radius 3 is 2.50 bits per heavy atom. The van der Waals surface area contributed by atoms with Gasteiger partial charge in [0.2, 0.25) is 5.95 Å². The molecule has 8 atom stereocenters. The number of nitrogens with one attached hydrogen (secondary N) is 2. The minimum Gasteiger partial charge on any atom is -0.756 e. The molecule has 6 N–H and O–H groups in total. The maximum atomic E-state index is 13.1. The Bertz CT molecular complexity index is 1660. The van der Waals surface area contributed by atoms with Crippen LogP contribution in [0.15, 0.2) is 26.9 Å². The molecule has 42 heavy (non-hydrogen) atoms. The Labute approximate surface area is 257 Å². The van der Waals surface area contributed by atoms with Gasteiger partial charge in [-0.2, -0.15) is 4.98 Å². The number of aryl methyl sites for hydroxylation is 1. The standard InChI is InChI=1S/C21H28N7O12P.Na/c1-8-4-27(21(33)26-17(8)31)12-3-9(10(5-29)37-12)39-41(34,35)40-14-11(6-30)38-19(15(14)36-2)28-7-23-13-16(28)24-20(22)25-18(13)32;/h4,7,9-12,14-15,19,29-30H,3,5-6H2,1-2H3,(H,34,35)(H,26,31,33)(H3,22,24,25,32);/q;+1/p-1/t9-,10+,11+,12+,14+,15+,19+;/m0./s1. The summed E-state index contributed by atoms with van der Waals surface area (Å²) in [5.41, 5.74) is 3.81. The van der Waals surface area contributed by atoms with E-state index in [1.165, 1.54) is 31.1 Å². The van der Waals surface area contributed by atoms with E-state index in [4.69, 9.17) is 29.0 Å². The number of phosphoric acid groups is 1. The van der Waals surface area contributed by atoms with Crippen LogP contribution < -0.4 is 57.0 Å². The average Bonchev–Trinajstić information content (AvgIpc) is 3.60. The van der Waals surface area contributed by atoms with Crippen LogP contribution in [0.1, 0.15) is 24.4 Å². The number of phosphoric ester groups is 1. The van der Waals surface area contributed by atoms with Crippen LogP contribution in [0.2, 0.25) is 0 Å². The predicted octanol–water partition coefficient (Wildman–Crippen LogP) is -6.01. The van der Waals surface area contributed by atoms with Gasteiger partial charge in [-0.1, -0.05) is 0 Å². The van der Waals surface area contributed by atoms with Gasteiger partial charge in [0.05, 0.1) is 25.6 Å². The van der Waals surface area contributed by atoms with Gasteiger partial charge in [-0.3, -0.25) is 33.3 Å². The van der Waals surface area contributed by atoms with Gasteiger partial charge in [0.1, 0.15) is 30.6 Å². The maximum absolute atomic E-state index is 13.1. The normalized spacial score (nSPS) is 29.0. The molecule has 0 aliphatic carbocycles. The minimum atomic E-state index is -5.23. The predicted molar refractivity (Wildman–Crippen MR) is 133 cm³/mol. The van der Waals surface area contributed by atoms with Crippen molar-refractivity contribution in [2.75, 3.05) is 26.1 Å². The summed E-state index contributed by atoms with van der Waals surface area (Å²) in [6.45, 7) is 0.124. The third-order valence-electron chi connectivity index (χ3n) is 6.79. The molecule has 0 bridgehead atoms. The van der Waals surface area contributed by atoms with Crippen molar-refractivity contribution in [1.29, 1.82) is 0 Å². The van der Waals surface area contributed by atoms with Crippen molar-refractivity contribution in [3.8, 4) is 0 Å². The van der Waals surface area contributed by atoms with Crippen LogP contribution in [0.4, 0.5) is 5.95 Å². The summed E-state index contributed by atoms with van der Waals surface area (Å²) in [6, 6.07) is 0. The molecule has 1 unspecified atom stereocenters. The fraction of sp³-hybridized carbons (Fsp3) is 0.571. The number of aromatic nitrogens is 6. The number of nitrogens with two attached hydrogens (primary N) is 1. The average molecular weight is 623 g/mol. The van der Waals surface area contributed by atoms with Crippen LogP contribution in [-0.2, 0) is 27.8 Å². The number of aliphatic hydroxyl groups is 2. The molecule has 2 aliphatic rings. The van der Waals surface area contributed by atoms with Gasteiger partial charge in [-0.25, -0.2) is 9.78 Å². The van der Waals surface area contributed by atoms with Gasteiger partial charge in [0, 0.05) is 25.3 Å². The Balaban J connectivity index is 0.00000405. The van der Waals surface area contributed by atoms with Gasteiger partial charge >= 0.3 is 35.2 Å². The molecule has 2 saturated heterocycles. The summed E-state index contributed by atoms with van der Waals surface area (Å²) in [5.74, 6) is -0.199. The first-order valence-corrected chi connectivity index (χ1v) is 13.7. The first kappa shape index (κ1) is 32.6. The molecule has 224 valence electrons. The summed E-state index contributed by atoms with van der Waals surface area (Å²) in [7, 11) is -3.98. The molecule has 2 aliphatic heterocycles. The largest absolute Gasteiger partial charge is 1.00 e. The van der Waals surface area contributed by atoms with E-state index in [1.807, 2.05) is 0 Å². The van der Waals surface area contributed by atoms with Crippen molar-refractivity contribution in [2.45, 2.75) is 56.3 Å². The molecule has 3 aromatic rings. The Morgan fingerprint density at radius 1 is 1.12 bits per heavy atom. The number of anilines is 1. The number of H-pyrrole nitrogens is 2. The summed E-state index contributed by atoms with van der Waals surface area (Å²) in [6.07, 6.45) is -6.26. The fourth-order valence-corrected chi connectivity index (χ4v) is 6.03. The Kier molecular flexibility index (Phi) is 9.93. The van der Waals surface area contributed by atoms with Crippen LogP contribution in [-0.4, -0.2) is 90.1 Å². The molecular weight excluding hydrogens is 596 g/mol. The van der Waals surface area contributed by atoms with Crippen molar-refractivity contribution in [3.05, 3.63) is 49.3 Å². The third kappa shape index (κ3) is 6.19. The molecule has 0 spiro atoms. The fourth-order valence-electron chi connectivity index (χ4n) is 4.87. The van der Waals surface area contributed by atoms with Gasteiger partial charge in [0.15, 0.2) is 17.4 Å². The summed E-state index contributed by atoms with van der Waals surface area (Å²) < 4.78 is 42.9. The second-order valence-electron chi connectivity index (χ2n) is 9.41. The zero-order chi connectivity index (χ0) is 29.6. The molecule has 5 heterocycles. The molecule has 5 rings (SSSR count). The van der Waals surface area contributed by atoms with Crippen molar-refractivity contribution < 1.29 is 72.5 Å². The van der Waals surface area contributed by atoms with Gasteiger partial charge in [-0.15, -0.1) is 0 Å². The van der Waals surface area contributed by atoms with Gasteiger partial charge in [0.25, 0.3) is 18.9 Å². The van der Waals surface area contributed by atoms with Gasteiger partial charge < -0.3 is 44.1 Å². The monoisotopic (exact) mass is 623 g/mol. The van der Waals surface area contributed by atoms with Crippen LogP contribution in [0, 0.1) is 6.92 Å². The number of ether oxygens (including phenoxy) is 3. The number of aromatic amines is 2. The molecule has 21 heteroatoms. The maximum Gasteiger partial charge on any atom is 1.00 e. The van der Waals surface area contributed by atoms with E-state index in [1.54, 1.807) is 0 Å². The Hall–Kier alpha value is -2.26. The molecule has 0 amide bonds. The number of fused-ring (bicyclic) bond motifs is 1. The van der Waals surface area contributed by atoms with Crippen molar-refractivity contribution in [1.82, 2.24) is 29.1 Å². The van der Waals surface area contributed by atoms with E-state index >= 15 is 0 Å². The SMILES string of the molecule is CO[C@@H]1[C@H](OP(=O)([O-])O[C@H]2C[C@H](n3cc(C)c(=O)[nH]c3=O)O[C@@H]2CO)[C@@H](CO)O[C@H]1n1cnc2c(=O)[nH]c(N)nc21.[Na+]. The van der Waals surface area contributed by atoms with Crippen LogP contribution in [0.5, 0.6) is 0 Å². The van der Waals surface area contributed by atoms with Crippen LogP contribution >= 0.6 is 7.82 Å². The van der Waals surface area contributed by atoms with Crippen molar-refractivity contribution >= 4 is 24.9 Å². The second kappa shape index (κ2) is 12.8. The van der Waals surface area contributed by atoms with E-state index in [0.29, 0.717) is 0 Å². The molecule has 0 radical (unpaired) electrons. The summed E-state index contributed by atoms with van der Waals surface area (Å²) >= 11 is 0. The minimum absolute atomic E-state index is 0. The van der Waals surface area contributed by atoms with Gasteiger partial charge in [-0.05, 0) is 6.92 Å².